The van der Waals surface area contributed by atoms with Crippen LogP contribution in [-0.2, 0) is 6.42 Å². The number of rotatable bonds is 3. The summed E-state index contributed by atoms with van der Waals surface area (Å²) in [6, 6.07) is 3.48. The van der Waals surface area contributed by atoms with Crippen molar-refractivity contribution in [2.45, 2.75) is 32.7 Å². The molecule has 3 rings (SSSR count). The number of nitrogens with zero attached hydrogens (tertiary/aromatic N) is 2. The Morgan fingerprint density at radius 2 is 2.16 bits per heavy atom. The molecule has 0 radical (unpaired) electrons. The van der Waals surface area contributed by atoms with Crippen LogP contribution in [-0.4, -0.2) is 15.4 Å². The van der Waals surface area contributed by atoms with Crippen molar-refractivity contribution in [3.05, 3.63) is 28.8 Å². The molecule has 5 heteroatoms. The van der Waals surface area contributed by atoms with Gasteiger partial charge < -0.3 is 4.57 Å². The van der Waals surface area contributed by atoms with Crippen molar-refractivity contribution in [1.82, 2.24) is 9.55 Å². The first-order chi connectivity index (χ1) is 8.94. The lowest BCUT2D eigenvalue weighted by Crippen LogP contribution is -2.06. The van der Waals surface area contributed by atoms with Gasteiger partial charge in [-0.05, 0) is 17.9 Å². The fourth-order valence-electron chi connectivity index (χ4n) is 2.63. The van der Waals surface area contributed by atoms with Gasteiger partial charge in [0.2, 0.25) is 0 Å². The molecule has 2 aromatic rings. The van der Waals surface area contributed by atoms with E-state index in [0.717, 1.165) is 17.8 Å². The molecule has 1 saturated carbocycles. The normalized spacial score (nSPS) is 21.0. The summed E-state index contributed by atoms with van der Waals surface area (Å²) in [6.07, 6.45) is 1.78. The summed E-state index contributed by atoms with van der Waals surface area (Å²) in [5.74, 6) is 1.00. The van der Waals surface area contributed by atoms with Gasteiger partial charge in [-0.25, -0.2) is 9.37 Å². The SMILES string of the molecule is CC1(C)CC1n1c(CCCl)nc2cc(F)c(Cl)cc21. The zero-order chi connectivity index (χ0) is 13.8. The second kappa shape index (κ2) is 4.35. The Hall–Kier alpha value is -0.800. The monoisotopic (exact) mass is 300 g/mol. The van der Waals surface area contributed by atoms with Gasteiger partial charge in [-0.3, -0.25) is 0 Å². The van der Waals surface area contributed by atoms with E-state index in [1.54, 1.807) is 6.07 Å². The average molecular weight is 301 g/mol. The van der Waals surface area contributed by atoms with Gasteiger partial charge in [-0.2, -0.15) is 0 Å². The number of benzene rings is 1. The molecule has 19 heavy (non-hydrogen) atoms. The Labute approximate surface area is 121 Å². The van der Waals surface area contributed by atoms with Crippen molar-refractivity contribution in [3.63, 3.8) is 0 Å². The lowest BCUT2D eigenvalue weighted by molar-refractivity contribution is 0.537. The quantitative estimate of drug-likeness (QED) is 0.759. The van der Waals surface area contributed by atoms with Gasteiger partial charge in [0.25, 0.3) is 0 Å². The first-order valence-corrected chi connectivity index (χ1v) is 7.27. The molecule has 0 bridgehead atoms. The second-order valence-electron chi connectivity index (χ2n) is 5.80. The summed E-state index contributed by atoms with van der Waals surface area (Å²) in [7, 11) is 0. The highest BCUT2D eigenvalue weighted by Gasteiger charge is 2.48. The zero-order valence-electron chi connectivity index (χ0n) is 10.9. The average Bonchev–Trinajstić information content (AvgIpc) is 2.80. The lowest BCUT2D eigenvalue weighted by atomic mass is 10.2. The molecule has 102 valence electrons. The summed E-state index contributed by atoms with van der Waals surface area (Å²) < 4.78 is 15.7. The third-order valence-corrected chi connectivity index (χ3v) is 4.37. The van der Waals surface area contributed by atoms with Gasteiger partial charge >= 0.3 is 0 Å². The maximum absolute atomic E-state index is 13.5. The van der Waals surface area contributed by atoms with Crippen LogP contribution in [0, 0.1) is 11.2 Å². The molecule has 1 aromatic carbocycles. The molecular formula is C14H15Cl2FN2. The highest BCUT2D eigenvalue weighted by atomic mass is 35.5. The predicted octanol–water partition coefficient (Wildman–Crippen LogP) is 4.58. The molecule has 1 atom stereocenters. The van der Waals surface area contributed by atoms with Crippen molar-refractivity contribution in [3.8, 4) is 0 Å². The van der Waals surface area contributed by atoms with Gasteiger partial charge in [0.05, 0.1) is 16.1 Å². The first-order valence-electron chi connectivity index (χ1n) is 6.36. The molecule has 1 aliphatic rings. The Balaban J connectivity index is 2.21. The van der Waals surface area contributed by atoms with Crippen LogP contribution in [0.1, 0.15) is 32.1 Å². The first kappa shape index (κ1) is 13.2. The van der Waals surface area contributed by atoms with Crippen LogP contribution in [0.25, 0.3) is 11.0 Å². The van der Waals surface area contributed by atoms with Crippen molar-refractivity contribution in [2.24, 2.45) is 5.41 Å². The molecular weight excluding hydrogens is 286 g/mol. The zero-order valence-corrected chi connectivity index (χ0v) is 12.4. The third kappa shape index (κ3) is 2.13. The van der Waals surface area contributed by atoms with E-state index in [0.29, 0.717) is 23.9 Å². The minimum atomic E-state index is -0.425. The topological polar surface area (TPSA) is 17.8 Å². The van der Waals surface area contributed by atoms with Crippen LogP contribution in [0.3, 0.4) is 0 Å². The summed E-state index contributed by atoms with van der Waals surface area (Å²) in [5, 5.41) is 0.143. The van der Waals surface area contributed by atoms with Crippen LogP contribution in [0.4, 0.5) is 4.39 Å². The number of aromatic nitrogens is 2. The van der Waals surface area contributed by atoms with E-state index in [1.165, 1.54) is 6.07 Å². The van der Waals surface area contributed by atoms with E-state index in [1.807, 2.05) is 0 Å². The number of imidazole rings is 1. The van der Waals surface area contributed by atoms with E-state index < -0.39 is 5.82 Å². The van der Waals surface area contributed by atoms with Crippen LogP contribution < -0.4 is 0 Å². The molecule has 1 heterocycles. The molecule has 1 aromatic heterocycles. The summed E-state index contributed by atoms with van der Waals surface area (Å²) >= 11 is 11.7. The fraction of sp³-hybridized carbons (Fsp3) is 0.500. The number of hydrogen-bond acceptors (Lipinski definition) is 1. The maximum Gasteiger partial charge on any atom is 0.144 e. The highest BCUT2D eigenvalue weighted by Crippen LogP contribution is 2.56. The molecule has 0 saturated heterocycles. The molecule has 0 amide bonds. The van der Waals surface area contributed by atoms with E-state index >= 15 is 0 Å². The number of hydrogen-bond donors (Lipinski definition) is 0. The molecule has 2 nitrogen and oxygen atoms in total. The molecule has 1 aliphatic carbocycles. The number of aryl methyl sites for hydroxylation is 1. The van der Waals surface area contributed by atoms with Gasteiger partial charge in [-0.1, -0.05) is 25.4 Å². The van der Waals surface area contributed by atoms with Gasteiger partial charge in [-0.15, -0.1) is 11.6 Å². The van der Waals surface area contributed by atoms with Gasteiger partial charge in [0.15, 0.2) is 0 Å². The third-order valence-electron chi connectivity index (χ3n) is 3.90. The summed E-state index contributed by atoms with van der Waals surface area (Å²) in [4.78, 5) is 4.51. The molecule has 0 N–H and O–H groups in total. The van der Waals surface area contributed by atoms with Crippen molar-refractivity contribution >= 4 is 34.2 Å². The van der Waals surface area contributed by atoms with Crippen molar-refractivity contribution < 1.29 is 4.39 Å². The number of alkyl halides is 1. The van der Waals surface area contributed by atoms with E-state index in [-0.39, 0.29) is 10.4 Å². The fourth-order valence-corrected chi connectivity index (χ4v) is 2.96. The molecule has 1 unspecified atom stereocenters. The van der Waals surface area contributed by atoms with Gasteiger partial charge in [0.1, 0.15) is 11.6 Å². The predicted molar refractivity (Wildman–Crippen MR) is 76.6 cm³/mol. The van der Waals surface area contributed by atoms with E-state index in [9.17, 15) is 4.39 Å². The molecule has 1 fully saturated rings. The van der Waals surface area contributed by atoms with Crippen LogP contribution in [0.2, 0.25) is 5.02 Å². The lowest BCUT2D eigenvalue weighted by Gasteiger charge is -2.10. The van der Waals surface area contributed by atoms with E-state index in [4.69, 9.17) is 23.2 Å². The van der Waals surface area contributed by atoms with Gasteiger partial charge in [0, 0.05) is 24.4 Å². The van der Waals surface area contributed by atoms with Crippen molar-refractivity contribution in [2.75, 3.05) is 5.88 Å². The van der Waals surface area contributed by atoms with Crippen LogP contribution in [0.5, 0.6) is 0 Å². The summed E-state index contributed by atoms with van der Waals surface area (Å²) in [6.45, 7) is 4.44. The Bertz CT molecular complexity index is 648. The van der Waals surface area contributed by atoms with E-state index in [2.05, 4.69) is 23.4 Å². The minimum absolute atomic E-state index is 0.143. The van der Waals surface area contributed by atoms with Crippen LogP contribution in [0.15, 0.2) is 12.1 Å². The van der Waals surface area contributed by atoms with Crippen molar-refractivity contribution in [1.29, 1.82) is 0 Å². The molecule has 0 spiro atoms. The maximum atomic E-state index is 13.5. The summed E-state index contributed by atoms with van der Waals surface area (Å²) in [5.41, 5.74) is 1.82. The Morgan fingerprint density at radius 1 is 1.47 bits per heavy atom. The Kier molecular flexibility index (Phi) is 3.02. The standard InChI is InChI=1S/C14H15Cl2FN2/c1-14(2)7-12(14)19-11-5-8(16)9(17)6-10(11)18-13(19)3-4-15/h5-6,12H,3-4,7H2,1-2H3. The van der Waals surface area contributed by atoms with Crippen LogP contribution >= 0.6 is 23.2 Å². The molecule has 0 aliphatic heterocycles. The minimum Gasteiger partial charge on any atom is -0.324 e. The largest absolute Gasteiger partial charge is 0.324 e. The number of fused-ring (bicyclic) bond motifs is 1. The second-order valence-corrected chi connectivity index (χ2v) is 6.59. The highest BCUT2D eigenvalue weighted by molar-refractivity contribution is 6.31. The number of halogens is 3. The smallest absolute Gasteiger partial charge is 0.144 e. The Morgan fingerprint density at radius 3 is 2.74 bits per heavy atom.